The molecule has 0 unspecified atom stereocenters. The van der Waals surface area contributed by atoms with Crippen molar-refractivity contribution in [1.82, 2.24) is 10.2 Å². The van der Waals surface area contributed by atoms with Crippen molar-refractivity contribution < 1.29 is 29.3 Å². The van der Waals surface area contributed by atoms with E-state index in [1.807, 2.05) is 86.5 Å². The van der Waals surface area contributed by atoms with E-state index in [0.717, 1.165) is 34.9 Å². The maximum atomic E-state index is 12.8. The van der Waals surface area contributed by atoms with Crippen LogP contribution >= 0.6 is 11.8 Å². The molecule has 3 N–H and O–H groups in total. The molecule has 37 heavy (non-hydrogen) atoms. The summed E-state index contributed by atoms with van der Waals surface area (Å²) in [5.41, 5.74) is 4.02. The molecule has 0 spiro atoms. The second kappa shape index (κ2) is 16.0. The van der Waals surface area contributed by atoms with Gasteiger partial charge in [0.2, 0.25) is 0 Å². The average molecular weight is 525 g/mol. The van der Waals surface area contributed by atoms with Gasteiger partial charge in [-0.2, -0.15) is 11.8 Å². The zero-order valence-corrected chi connectivity index (χ0v) is 21.7. The fraction of sp³-hybridized carbons (Fsp3) is 0.250. The quantitative estimate of drug-likeness (QED) is 0.254. The summed E-state index contributed by atoms with van der Waals surface area (Å²) < 4.78 is 5.79. The Morgan fingerprint density at radius 2 is 1.43 bits per heavy atom. The van der Waals surface area contributed by atoms with Crippen molar-refractivity contribution in [2.75, 3.05) is 39.5 Å². The molecule has 0 radical (unpaired) electrons. The van der Waals surface area contributed by atoms with Gasteiger partial charge in [0.15, 0.2) is 0 Å². The fourth-order valence-electron chi connectivity index (χ4n) is 3.23. The highest BCUT2D eigenvalue weighted by atomic mass is 32.2. The second-order valence-corrected chi connectivity index (χ2v) is 9.19. The minimum atomic E-state index is -1.82. The molecule has 1 amide bonds. The van der Waals surface area contributed by atoms with Gasteiger partial charge >= 0.3 is 11.9 Å². The van der Waals surface area contributed by atoms with Gasteiger partial charge in [-0.1, -0.05) is 60.7 Å². The normalized spacial score (nSPS) is 10.2. The number of thioether (sulfide) groups is 1. The smallest absolute Gasteiger partial charge is 0.414 e. The Labute approximate surface area is 221 Å². The van der Waals surface area contributed by atoms with E-state index >= 15 is 0 Å². The predicted molar refractivity (Wildman–Crippen MR) is 146 cm³/mol. The number of nitrogens with one attached hydrogen (secondary N) is 1. The van der Waals surface area contributed by atoms with E-state index in [1.165, 1.54) is 5.56 Å². The molecular weight excluding hydrogens is 492 g/mol. The van der Waals surface area contributed by atoms with Gasteiger partial charge in [0, 0.05) is 30.2 Å². The van der Waals surface area contributed by atoms with Gasteiger partial charge in [0.05, 0.1) is 6.61 Å². The number of carbonyl (C=O) groups excluding carboxylic acids is 1. The highest BCUT2D eigenvalue weighted by Gasteiger charge is 2.14. The highest BCUT2D eigenvalue weighted by Crippen LogP contribution is 2.29. The van der Waals surface area contributed by atoms with Gasteiger partial charge in [0.1, 0.15) is 5.75 Å². The van der Waals surface area contributed by atoms with Crippen molar-refractivity contribution in [2.24, 2.45) is 0 Å². The standard InChI is InChI=1S/C26H30N2O2S.C2H2O4/c1-28(2)17-16-27-26(29)25-15-9-8-14-24(25)23-13-7-6-10-21(23)20-31-19-18-30-22-11-4-3-5-12-22;3-1(4)2(5)6/h3-15H,16-20H2,1-2H3,(H,27,29);(H,3,4)(H,5,6). The molecule has 3 aromatic carbocycles. The molecule has 8 nitrogen and oxygen atoms in total. The van der Waals surface area contributed by atoms with Crippen LogP contribution in [-0.4, -0.2) is 72.5 Å². The van der Waals surface area contributed by atoms with E-state index in [1.54, 1.807) is 0 Å². The molecule has 0 atom stereocenters. The number of benzene rings is 3. The van der Waals surface area contributed by atoms with Crippen molar-refractivity contribution in [3.63, 3.8) is 0 Å². The third kappa shape index (κ3) is 10.8. The first kappa shape index (κ1) is 29.4. The monoisotopic (exact) mass is 524 g/mol. The van der Waals surface area contributed by atoms with Crippen LogP contribution in [0.1, 0.15) is 15.9 Å². The van der Waals surface area contributed by atoms with Gasteiger partial charge in [-0.05, 0) is 49.0 Å². The number of carboxylic acid groups (broad SMARTS) is 2. The van der Waals surface area contributed by atoms with Crippen LogP contribution in [-0.2, 0) is 15.3 Å². The summed E-state index contributed by atoms with van der Waals surface area (Å²) >= 11 is 1.83. The van der Waals surface area contributed by atoms with Crippen molar-refractivity contribution in [2.45, 2.75) is 5.75 Å². The van der Waals surface area contributed by atoms with Gasteiger partial charge in [0.25, 0.3) is 5.91 Å². The number of nitrogens with zero attached hydrogens (tertiary/aromatic N) is 1. The molecular formula is C28H32N2O6S. The first-order valence-corrected chi connectivity index (χ1v) is 12.8. The number of rotatable bonds is 11. The molecule has 3 aromatic rings. The molecule has 0 saturated carbocycles. The minimum absolute atomic E-state index is 0.0313. The molecule has 0 heterocycles. The van der Waals surface area contributed by atoms with Crippen molar-refractivity contribution in [3.05, 3.63) is 90.0 Å². The molecule has 0 aliphatic rings. The lowest BCUT2D eigenvalue weighted by Crippen LogP contribution is -2.31. The molecule has 0 bridgehead atoms. The van der Waals surface area contributed by atoms with E-state index in [2.05, 4.69) is 28.4 Å². The minimum Gasteiger partial charge on any atom is -0.493 e. The third-order valence-corrected chi connectivity index (χ3v) is 5.97. The van der Waals surface area contributed by atoms with E-state index in [4.69, 9.17) is 24.5 Å². The Balaban J connectivity index is 0.000000717. The number of ether oxygens (including phenoxy) is 1. The number of carboxylic acids is 2. The van der Waals surface area contributed by atoms with Crippen molar-refractivity contribution in [1.29, 1.82) is 0 Å². The summed E-state index contributed by atoms with van der Waals surface area (Å²) in [6.45, 7) is 2.10. The van der Waals surface area contributed by atoms with E-state index in [0.29, 0.717) is 18.7 Å². The van der Waals surface area contributed by atoms with Crippen LogP contribution in [0.2, 0.25) is 0 Å². The van der Waals surface area contributed by atoms with Crippen LogP contribution in [0.25, 0.3) is 11.1 Å². The van der Waals surface area contributed by atoms with Crippen molar-refractivity contribution >= 4 is 29.6 Å². The molecule has 0 aromatic heterocycles. The molecule has 9 heteroatoms. The average Bonchev–Trinajstić information content (AvgIpc) is 2.89. The number of carbonyl (C=O) groups is 3. The van der Waals surface area contributed by atoms with Crippen LogP contribution in [0.15, 0.2) is 78.9 Å². The summed E-state index contributed by atoms with van der Waals surface area (Å²) in [7, 11) is 4.00. The third-order valence-electron chi connectivity index (χ3n) is 5.00. The first-order valence-electron chi connectivity index (χ1n) is 11.6. The van der Waals surface area contributed by atoms with Gasteiger partial charge in [-0.3, -0.25) is 4.79 Å². The number of aliphatic carboxylic acids is 2. The Bertz CT molecular complexity index is 1140. The molecule has 0 fully saturated rings. The number of hydrogen-bond acceptors (Lipinski definition) is 6. The van der Waals surface area contributed by atoms with Gasteiger partial charge < -0.3 is 25.2 Å². The number of hydrogen-bond donors (Lipinski definition) is 3. The summed E-state index contributed by atoms with van der Waals surface area (Å²) in [4.78, 5) is 33.1. The van der Waals surface area contributed by atoms with Gasteiger partial charge in [-0.25, -0.2) is 9.59 Å². The molecule has 0 saturated heterocycles. The topological polar surface area (TPSA) is 116 Å². The van der Waals surface area contributed by atoms with Crippen LogP contribution in [0.5, 0.6) is 5.75 Å². The summed E-state index contributed by atoms with van der Waals surface area (Å²) in [6.07, 6.45) is 0. The van der Waals surface area contributed by atoms with Crippen LogP contribution < -0.4 is 10.1 Å². The van der Waals surface area contributed by atoms with Crippen molar-refractivity contribution in [3.8, 4) is 16.9 Å². The van der Waals surface area contributed by atoms with Gasteiger partial charge in [-0.15, -0.1) is 0 Å². The molecule has 196 valence electrons. The maximum Gasteiger partial charge on any atom is 0.414 e. The SMILES string of the molecule is CN(C)CCNC(=O)c1ccccc1-c1ccccc1CSCCOc1ccccc1.O=C(O)C(=O)O. The van der Waals surface area contributed by atoms with E-state index in [-0.39, 0.29) is 5.91 Å². The Morgan fingerprint density at radius 3 is 2.08 bits per heavy atom. The Morgan fingerprint density at radius 1 is 0.838 bits per heavy atom. The Kier molecular flexibility index (Phi) is 12.7. The first-order chi connectivity index (χ1) is 17.8. The molecule has 0 aliphatic carbocycles. The second-order valence-electron chi connectivity index (χ2n) is 8.09. The zero-order chi connectivity index (χ0) is 27.0. The number of likely N-dealkylation sites (N-methyl/N-ethyl adjacent to an activating group) is 1. The summed E-state index contributed by atoms with van der Waals surface area (Å²) in [5, 5.41) is 17.8. The number of amides is 1. The highest BCUT2D eigenvalue weighted by molar-refractivity contribution is 7.98. The lowest BCUT2D eigenvalue weighted by atomic mass is 9.95. The van der Waals surface area contributed by atoms with Crippen LogP contribution in [0.4, 0.5) is 0 Å². The lowest BCUT2D eigenvalue weighted by molar-refractivity contribution is -0.159. The molecule has 0 aliphatic heterocycles. The predicted octanol–water partition coefficient (Wildman–Crippen LogP) is 4.11. The van der Waals surface area contributed by atoms with Crippen LogP contribution in [0, 0.1) is 0 Å². The fourth-order valence-corrected chi connectivity index (χ4v) is 4.05. The Hall–Kier alpha value is -3.82. The largest absolute Gasteiger partial charge is 0.493 e. The zero-order valence-electron chi connectivity index (χ0n) is 20.9. The van der Waals surface area contributed by atoms with E-state index < -0.39 is 11.9 Å². The van der Waals surface area contributed by atoms with Crippen LogP contribution in [0.3, 0.4) is 0 Å². The maximum absolute atomic E-state index is 12.8. The summed E-state index contributed by atoms with van der Waals surface area (Å²) in [6, 6.07) is 26.1. The van der Waals surface area contributed by atoms with E-state index in [9.17, 15) is 4.79 Å². The lowest BCUT2D eigenvalue weighted by Gasteiger charge is -2.15. The summed E-state index contributed by atoms with van der Waals surface area (Å²) in [5.74, 6) is -1.01. The molecule has 3 rings (SSSR count). The number of para-hydroxylation sites is 1.